The predicted octanol–water partition coefficient (Wildman–Crippen LogP) is 6.67. The van der Waals surface area contributed by atoms with Gasteiger partial charge in [-0.2, -0.15) is 0 Å². The number of aliphatic imine (C=N–C) groups is 1. The first kappa shape index (κ1) is 20.0. The minimum atomic E-state index is 1.02. The zero-order valence-corrected chi connectivity index (χ0v) is 17.8. The Morgan fingerprint density at radius 2 is 1.19 bits per heavy atom. The van der Waals surface area contributed by atoms with E-state index >= 15 is 0 Å². The molecule has 0 aliphatic heterocycles. The zero-order valence-electron chi connectivity index (χ0n) is 17.8. The Morgan fingerprint density at radius 3 is 1.65 bits per heavy atom. The highest BCUT2D eigenvalue weighted by Gasteiger charge is 2.11. The minimum absolute atomic E-state index is 1.02. The molecule has 0 aliphatic rings. The largest absolute Gasteiger partial charge is 0.348 e. The Morgan fingerprint density at radius 1 is 0.769 bits per heavy atom. The summed E-state index contributed by atoms with van der Waals surface area (Å²) >= 11 is 0. The van der Waals surface area contributed by atoms with Crippen molar-refractivity contribution in [3.05, 3.63) is 69.4 Å². The number of hydrogen-bond acceptors (Lipinski definition) is 2. The van der Waals surface area contributed by atoms with Crippen LogP contribution in [0, 0.1) is 41.5 Å². The Balaban J connectivity index is 2.37. The van der Waals surface area contributed by atoms with Crippen LogP contribution in [-0.4, -0.2) is 12.8 Å². The molecule has 0 radical (unpaired) electrons. The summed E-state index contributed by atoms with van der Waals surface area (Å²) in [5.74, 6) is 0. The van der Waals surface area contributed by atoms with Crippen LogP contribution in [0.4, 0.5) is 11.4 Å². The fourth-order valence-electron chi connectivity index (χ4n) is 3.83. The SMILES string of the molecule is CC(=CC(C)=Nc1c(C)cc(C)cc1C)N(C)c1c(C)cc(C)cc1C. The normalized spacial score (nSPS) is 12.5. The molecule has 0 N–H and O–H groups in total. The number of benzene rings is 2. The molecule has 0 aromatic heterocycles. The number of aryl methyl sites for hydroxylation is 6. The van der Waals surface area contributed by atoms with Crippen molar-refractivity contribution < 1.29 is 0 Å². The van der Waals surface area contributed by atoms with E-state index in [-0.39, 0.29) is 0 Å². The van der Waals surface area contributed by atoms with Gasteiger partial charge >= 0.3 is 0 Å². The quantitative estimate of drug-likeness (QED) is 0.563. The molecule has 0 saturated heterocycles. The Hall–Kier alpha value is -2.35. The first-order valence-electron chi connectivity index (χ1n) is 9.23. The molecule has 0 amide bonds. The first-order chi connectivity index (χ1) is 12.1. The molecule has 0 unspecified atom stereocenters. The third-order valence-electron chi connectivity index (χ3n) is 4.84. The average Bonchev–Trinajstić information content (AvgIpc) is 2.49. The summed E-state index contributed by atoms with van der Waals surface area (Å²) in [6, 6.07) is 8.87. The second-order valence-electron chi connectivity index (χ2n) is 7.59. The number of nitrogens with zero attached hydrogens (tertiary/aromatic N) is 2. The molecule has 26 heavy (non-hydrogen) atoms. The minimum Gasteiger partial charge on any atom is -0.348 e. The van der Waals surface area contributed by atoms with Crippen LogP contribution in [0.15, 0.2) is 41.0 Å². The predicted molar refractivity (Wildman–Crippen MR) is 116 cm³/mol. The third kappa shape index (κ3) is 4.43. The van der Waals surface area contributed by atoms with Crippen LogP contribution in [0.2, 0.25) is 0 Å². The van der Waals surface area contributed by atoms with Gasteiger partial charge in [-0.15, -0.1) is 0 Å². The van der Waals surface area contributed by atoms with Gasteiger partial charge in [0.05, 0.1) is 5.69 Å². The number of anilines is 1. The van der Waals surface area contributed by atoms with Gasteiger partial charge in [-0.25, -0.2) is 0 Å². The zero-order chi connectivity index (χ0) is 19.6. The van der Waals surface area contributed by atoms with Crippen LogP contribution >= 0.6 is 0 Å². The monoisotopic (exact) mass is 348 g/mol. The summed E-state index contributed by atoms with van der Waals surface area (Å²) in [5.41, 5.74) is 12.2. The molecule has 138 valence electrons. The molecule has 0 aliphatic carbocycles. The molecule has 2 nitrogen and oxygen atoms in total. The molecule has 0 bridgehead atoms. The smallest absolute Gasteiger partial charge is 0.0691 e. The molecule has 2 aromatic carbocycles. The van der Waals surface area contributed by atoms with E-state index in [0.29, 0.717) is 0 Å². The molecular formula is C24H32N2. The van der Waals surface area contributed by atoms with Gasteiger partial charge in [0.2, 0.25) is 0 Å². The van der Waals surface area contributed by atoms with Gasteiger partial charge in [-0.05, 0) is 83.7 Å². The van der Waals surface area contributed by atoms with E-state index in [1.807, 2.05) is 0 Å². The van der Waals surface area contributed by atoms with Crippen molar-refractivity contribution in [1.29, 1.82) is 0 Å². The van der Waals surface area contributed by atoms with E-state index in [4.69, 9.17) is 4.99 Å². The van der Waals surface area contributed by atoms with E-state index in [2.05, 4.69) is 97.7 Å². The summed E-state index contributed by atoms with van der Waals surface area (Å²) in [6.07, 6.45) is 2.16. The summed E-state index contributed by atoms with van der Waals surface area (Å²) in [7, 11) is 2.13. The topological polar surface area (TPSA) is 15.6 Å². The van der Waals surface area contributed by atoms with Gasteiger partial charge in [0.15, 0.2) is 0 Å². The van der Waals surface area contributed by atoms with Crippen molar-refractivity contribution in [2.24, 2.45) is 4.99 Å². The maximum Gasteiger partial charge on any atom is 0.0691 e. The van der Waals surface area contributed by atoms with E-state index in [9.17, 15) is 0 Å². The van der Waals surface area contributed by atoms with Crippen molar-refractivity contribution in [1.82, 2.24) is 0 Å². The highest BCUT2D eigenvalue weighted by Crippen LogP contribution is 2.28. The van der Waals surface area contributed by atoms with Crippen LogP contribution in [-0.2, 0) is 0 Å². The van der Waals surface area contributed by atoms with Crippen LogP contribution in [0.3, 0.4) is 0 Å². The summed E-state index contributed by atoms with van der Waals surface area (Å²) < 4.78 is 0. The van der Waals surface area contributed by atoms with Crippen LogP contribution in [0.1, 0.15) is 47.2 Å². The lowest BCUT2D eigenvalue weighted by Gasteiger charge is -2.25. The second kappa shape index (κ2) is 7.90. The summed E-state index contributed by atoms with van der Waals surface area (Å²) in [4.78, 5) is 7.15. The van der Waals surface area contributed by atoms with Crippen molar-refractivity contribution in [2.45, 2.75) is 55.4 Å². The summed E-state index contributed by atoms with van der Waals surface area (Å²) in [6.45, 7) is 17.1. The Bertz CT molecular complexity index is 839. The Labute approximate surface area is 159 Å². The molecule has 0 atom stereocenters. The maximum atomic E-state index is 4.89. The molecular weight excluding hydrogens is 316 g/mol. The van der Waals surface area contributed by atoms with Crippen LogP contribution in [0.5, 0.6) is 0 Å². The lowest BCUT2D eigenvalue weighted by molar-refractivity contribution is 1.06. The van der Waals surface area contributed by atoms with Crippen LogP contribution < -0.4 is 4.90 Å². The van der Waals surface area contributed by atoms with Gasteiger partial charge in [0.1, 0.15) is 0 Å². The van der Waals surface area contributed by atoms with E-state index in [1.165, 1.54) is 44.8 Å². The second-order valence-corrected chi connectivity index (χ2v) is 7.59. The van der Waals surface area contributed by atoms with Gasteiger partial charge < -0.3 is 4.90 Å². The Kier molecular flexibility index (Phi) is 6.07. The maximum absolute atomic E-state index is 4.89. The van der Waals surface area contributed by atoms with Crippen molar-refractivity contribution >= 4 is 17.1 Å². The van der Waals surface area contributed by atoms with Gasteiger partial charge in [-0.1, -0.05) is 35.4 Å². The van der Waals surface area contributed by atoms with Crippen molar-refractivity contribution in [3.63, 3.8) is 0 Å². The number of rotatable bonds is 4. The van der Waals surface area contributed by atoms with E-state index < -0.39 is 0 Å². The first-order valence-corrected chi connectivity index (χ1v) is 9.23. The summed E-state index contributed by atoms with van der Waals surface area (Å²) in [5, 5.41) is 0. The van der Waals surface area contributed by atoms with Gasteiger partial charge in [0, 0.05) is 24.1 Å². The average molecular weight is 349 g/mol. The molecule has 2 aromatic rings. The molecule has 0 saturated carbocycles. The van der Waals surface area contributed by atoms with Crippen molar-refractivity contribution in [2.75, 3.05) is 11.9 Å². The van der Waals surface area contributed by atoms with E-state index in [1.54, 1.807) is 0 Å². The van der Waals surface area contributed by atoms with Gasteiger partial charge in [-0.3, -0.25) is 4.99 Å². The fraction of sp³-hybridized carbons (Fsp3) is 0.375. The molecule has 2 heteroatoms. The standard InChI is InChI=1S/C24H32N2/c1-15-10-17(3)23(18(4)11-15)25-21(7)14-22(8)26(9)24-19(5)12-16(2)13-20(24)6/h10-14H,1-9H3. The molecule has 0 heterocycles. The lowest BCUT2D eigenvalue weighted by atomic mass is 10.0. The van der Waals surface area contributed by atoms with Crippen LogP contribution in [0.25, 0.3) is 0 Å². The highest BCUT2D eigenvalue weighted by atomic mass is 15.1. The number of hydrogen-bond donors (Lipinski definition) is 0. The van der Waals surface area contributed by atoms with Crippen molar-refractivity contribution in [3.8, 4) is 0 Å². The molecule has 0 fully saturated rings. The molecule has 0 spiro atoms. The number of allylic oxidation sites excluding steroid dienone is 2. The lowest BCUT2D eigenvalue weighted by Crippen LogP contribution is -2.17. The van der Waals surface area contributed by atoms with E-state index in [0.717, 1.165) is 11.4 Å². The highest BCUT2D eigenvalue weighted by molar-refractivity contribution is 5.96. The third-order valence-corrected chi connectivity index (χ3v) is 4.84. The molecule has 2 rings (SSSR count). The fourth-order valence-corrected chi connectivity index (χ4v) is 3.83. The van der Waals surface area contributed by atoms with Gasteiger partial charge in [0.25, 0.3) is 0 Å².